The summed E-state index contributed by atoms with van der Waals surface area (Å²) < 4.78 is 0. The van der Waals surface area contributed by atoms with Crippen molar-refractivity contribution in [3.8, 4) is 0 Å². The Morgan fingerprint density at radius 3 is 1.54 bits per heavy atom. The Kier molecular flexibility index (Phi) is 24.8. The van der Waals surface area contributed by atoms with Crippen LogP contribution in [0.4, 0.5) is 0 Å². The van der Waals surface area contributed by atoms with Gasteiger partial charge in [-0.15, -0.1) is 0 Å². The van der Waals surface area contributed by atoms with Crippen molar-refractivity contribution in [3.63, 3.8) is 0 Å². The number of rotatable bonds is 31. The third-order valence-corrected chi connectivity index (χ3v) is 10.8. The molecule has 0 saturated carbocycles. The van der Waals surface area contributed by atoms with Crippen LogP contribution in [0.25, 0.3) is 0 Å². The molecular weight excluding hydrogens is 931 g/mol. The average molecular weight is 998 g/mol. The van der Waals surface area contributed by atoms with Gasteiger partial charge in [-0.25, -0.2) is 4.79 Å². The van der Waals surface area contributed by atoms with Crippen LogP contribution in [0.1, 0.15) is 84.3 Å². The van der Waals surface area contributed by atoms with Crippen molar-refractivity contribution in [2.75, 3.05) is 0 Å². The molecule has 0 spiro atoms. The molecule has 0 aliphatic carbocycles. The van der Waals surface area contributed by atoms with Gasteiger partial charge in [0.25, 0.3) is 5.91 Å². The summed E-state index contributed by atoms with van der Waals surface area (Å²) in [7, 11) is 0. The highest BCUT2D eigenvalue weighted by Gasteiger charge is 2.37. The lowest BCUT2D eigenvalue weighted by Crippen LogP contribution is -2.61. The topological polar surface area (TPSA) is 405 Å². The number of aliphatic hydroxyl groups is 1. The van der Waals surface area contributed by atoms with E-state index < -0.39 is 145 Å². The minimum atomic E-state index is -2.18. The number of nitrogens with one attached hydrogen (secondary N) is 7. The molecule has 8 amide bonds. The van der Waals surface area contributed by atoms with Gasteiger partial charge in [0, 0.05) is 19.3 Å². The first-order chi connectivity index (χ1) is 33.3. The summed E-state index contributed by atoms with van der Waals surface area (Å²) in [5.74, 6) is -12.9. The number of carboxylic acids is 3. The minimum Gasteiger partial charge on any atom is -0.481 e. The highest BCUT2D eigenvalue weighted by Crippen LogP contribution is 2.13. The van der Waals surface area contributed by atoms with Crippen molar-refractivity contribution < 1.29 is 73.2 Å². The van der Waals surface area contributed by atoms with Gasteiger partial charge < -0.3 is 69.1 Å². The minimum absolute atomic E-state index is 0.0229. The standard InChI is InChI=1S/C47H67N9O15/c1-24(2)20-32(53-45(68)38(25(3)4)56-41(64)29(48)16-19-36(58)59)44(67)52-31(21-27-12-8-6-9-13-27)39(62)46(69)54-33(23-37(60)61)43(66)50-26(5)40(63)51-30(17-18-35(49)57)42(65)55-34(47(70)71)22-28-14-10-7-11-15-28/h6-15,24-26,29-34,38-39,62H,16-23,48H2,1-5H3,(H2,49,57)(H,50,66)(H,51,63)(H,52,67)(H,53,68)(H,54,69)(H,55,65)(H,56,64)(H,58,59)(H,60,61)(H,70,71)/t26-,29-,30-,31-,32-,33-,34-,38-,39+/m0/s1. The summed E-state index contributed by atoms with van der Waals surface area (Å²) in [5, 5.41) is 56.7. The number of amides is 8. The lowest BCUT2D eigenvalue weighted by molar-refractivity contribution is -0.142. The molecule has 0 fully saturated rings. The number of hydrogen-bond donors (Lipinski definition) is 13. The molecule has 2 aromatic rings. The number of nitrogens with two attached hydrogens (primary N) is 2. The van der Waals surface area contributed by atoms with Crippen LogP contribution < -0.4 is 48.7 Å². The highest BCUT2D eigenvalue weighted by atomic mass is 16.4. The van der Waals surface area contributed by atoms with Crippen LogP contribution in [0.15, 0.2) is 60.7 Å². The zero-order valence-electron chi connectivity index (χ0n) is 40.2. The second kappa shape index (κ2) is 29.5. The van der Waals surface area contributed by atoms with Gasteiger partial charge in [-0.05, 0) is 55.6 Å². The highest BCUT2D eigenvalue weighted by molar-refractivity contribution is 5.97. The number of primary amides is 1. The summed E-state index contributed by atoms with van der Waals surface area (Å²) in [6, 6.07) is 4.75. The monoisotopic (exact) mass is 997 g/mol. The first-order valence-corrected chi connectivity index (χ1v) is 22.9. The molecule has 2 aromatic carbocycles. The molecule has 0 heterocycles. The summed E-state index contributed by atoms with van der Waals surface area (Å²) >= 11 is 0. The fourth-order valence-corrected chi connectivity index (χ4v) is 6.94. The Hall–Kier alpha value is -7.47. The maximum Gasteiger partial charge on any atom is 0.326 e. The van der Waals surface area contributed by atoms with Crippen molar-refractivity contribution in [1.82, 2.24) is 37.2 Å². The van der Waals surface area contributed by atoms with E-state index in [1.54, 1.807) is 88.4 Å². The Morgan fingerprint density at radius 2 is 1.03 bits per heavy atom. The van der Waals surface area contributed by atoms with Crippen LogP contribution in [-0.4, -0.2) is 140 Å². The van der Waals surface area contributed by atoms with Crippen LogP contribution in [0, 0.1) is 11.8 Å². The molecule has 390 valence electrons. The third-order valence-electron chi connectivity index (χ3n) is 10.8. The quantitative estimate of drug-likeness (QED) is 0.0387. The number of aliphatic carboxylic acids is 3. The fourth-order valence-electron chi connectivity index (χ4n) is 6.94. The summed E-state index contributed by atoms with van der Waals surface area (Å²) in [5.41, 5.74) is 12.2. The second-order valence-electron chi connectivity index (χ2n) is 17.8. The summed E-state index contributed by atoms with van der Waals surface area (Å²) in [4.78, 5) is 141. The zero-order chi connectivity index (χ0) is 53.5. The van der Waals surface area contributed by atoms with Crippen LogP contribution in [0.3, 0.4) is 0 Å². The van der Waals surface area contributed by atoms with E-state index in [-0.39, 0.29) is 38.0 Å². The predicted molar refractivity (Wildman–Crippen MR) is 253 cm³/mol. The number of carbonyl (C=O) groups is 11. The van der Waals surface area contributed by atoms with Gasteiger partial charge in [0.05, 0.1) is 18.5 Å². The molecule has 0 bridgehead atoms. The Balaban J connectivity index is 2.32. The smallest absolute Gasteiger partial charge is 0.326 e. The Morgan fingerprint density at radius 1 is 0.521 bits per heavy atom. The molecule has 24 heteroatoms. The lowest BCUT2D eigenvalue weighted by Gasteiger charge is -2.30. The van der Waals surface area contributed by atoms with E-state index >= 15 is 0 Å². The average Bonchev–Trinajstić information content (AvgIpc) is 3.29. The van der Waals surface area contributed by atoms with E-state index in [0.29, 0.717) is 11.1 Å². The van der Waals surface area contributed by atoms with Crippen molar-refractivity contribution in [2.45, 2.75) is 140 Å². The van der Waals surface area contributed by atoms with Gasteiger partial charge in [-0.2, -0.15) is 0 Å². The fraction of sp³-hybridized carbons (Fsp3) is 0.511. The van der Waals surface area contributed by atoms with Crippen molar-refractivity contribution in [1.29, 1.82) is 0 Å². The summed E-state index contributed by atoms with van der Waals surface area (Å²) in [6.45, 7) is 7.88. The molecule has 0 aliphatic rings. The SMILES string of the molecule is CC(C)C[C@H](NC(=O)[C@@H](NC(=O)[C@@H](N)CCC(=O)O)C(C)C)C(=O)N[C@@H](Cc1ccccc1)[C@@H](O)C(=O)N[C@@H](CC(=O)O)C(=O)N[C@@H](C)C(=O)N[C@@H](CCC(N)=O)C(=O)N[C@@H](Cc1ccccc1)C(=O)O. The molecule has 15 N–H and O–H groups in total. The number of carboxylic acid groups (broad SMARTS) is 3. The van der Waals surface area contributed by atoms with E-state index in [9.17, 15) is 68.1 Å². The van der Waals surface area contributed by atoms with Crippen LogP contribution in [-0.2, 0) is 65.6 Å². The molecule has 0 aliphatic heterocycles. The van der Waals surface area contributed by atoms with Crippen molar-refractivity contribution >= 4 is 65.2 Å². The molecule has 24 nitrogen and oxygen atoms in total. The number of aliphatic hydroxyl groups excluding tert-OH is 1. The molecule has 2 rings (SSSR count). The zero-order valence-corrected chi connectivity index (χ0v) is 40.2. The van der Waals surface area contributed by atoms with Crippen molar-refractivity contribution in [3.05, 3.63) is 71.8 Å². The number of benzene rings is 2. The van der Waals surface area contributed by atoms with Crippen LogP contribution in [0.5, 0.6) is 0 Å². The van der Waals surface area contributed by atoms with E-state index in [0.717, 1.165) is 6.92 Å². The normalized spacial score (nSPS) is 14.9. The Labute approximate surface area is 410 Å². The van der Waals surface area contributed by atoms with Gasteiger partial charge in [0.2, 0.25) is 41.4 Å². The summed E-state index contributed by atoms with van der Waals surface area (Å²) in [6.07, 6.45) is -4.98. The molecule has 0 radical (unpaired) electrons. The molecule has 9 atom stereocenters. The van der Waals surface area contributed by atoms with Crippen molar-refractivity contribution in [2.24, 2.45) is 23.3 Å². The molecule has 71 heavy (non-hydrogen) atoms. The van der Waals surface area contributed by atoms with E-state index in [1.807, 2.05) is 0 Å². The maximum absolute atomic E-state index is 14.0. The van der Waals surface area contributed by atoms with E-state index in [4.69, 9.17) is 16.6 Å². The van der Waals surface area contributed by atoms with E-state index in [2.05, 4.69) is 37.2 Å². The van der Waals surface area contributed by atoms with Gasteiger partial charge in [0.15, 0.2) is 6.10 Å². The van der Waals surface area contributed by atoms with Crippen LogP contribution in [0.2, 0.25) is 0 Å². The van der Waals surface area contributed by atoms with E-state index in [1.165, 1.54) is 0 Å². The third kappa shape index (κ3) is 21.8. The number of hydrogen-bond acceptors (Lipinski definition) is 13. The molecule has 0 unspecified atom stereocenters. The second-order valence-corrected chi connectivity index (χ2v) is 17.8. The van der Waals surface area contributed by atoms with Gasteiger partial charge in [-0.1, -0.05) is 88.4 Å². The van der Waals surface area contributed by atoms with Gasteiger partial charge in [0.1, 0.15) is 36.3 Å². The predicted octanol–water partition coefficient (Wildman–Crippen LogP) is -2.03. The van der Waals surface area contributed by atoms with Gasteiger partial charge in [-0.3, -0.25) is 47.9 Å². The molecule has 0 saturated heterocycles. The first-order valence-electron chi connectivity index (χ1n) is 22.9. The largest absolute Gasteiger partial charge is 0.481 e. The number of carbonyl (C=O) groups excluding carboxylic acids is 8. The maximum atomic E-state index is 14.0. The first kappa shape index (κ1) is 59.7. The lowest BCUT2D eigenvalue weighted by atomic mass is 9.97. The molecular formula is C47H67N9O15. The van der Waals surface area contributed by atoms with Crippen LogP contribution >= 0.6 is 0 Å². The van der Waals surface area contributed by atoms with Gasteiger partial charge >= 0.3 is 17.9 Å². The molecule has 0 aromatic heterocycles. The Bertz CT molecular complexity index is 2180.